The molecule has 0 bridgehead atoms. The van der Waals surface area contributed by atoms with Crippen LogP contribution in [0.3, 0.4) is 0 Å². The number of hydrogen-bond donors (Lipinski definition) is 1. The van der Waals surface area contributed by atoms with E-state index >= 15 is 0 Å². The minimum absolute atomic E-state index is 0.303. The summed E-state index contributed by atoms with van der Waals surface area (Å²) in [6, 6.07) is 7.63. The van der Waals surface area contributed by atoms with Crippen molar-refractivity contribution >= 4 is 0 Å². The fourth-order valence-electron chi connectivity index (χ4n) is 1.83. The Morgan fingerprint density at radius 3 is 2.67 bits per heavy atom. The molecule has 0 fully saturated rings. The van der Waals surface area contributed by atoms with Gasteiger partial charge in [-0.2, -0.15) is 5.26 Å². The van der Waals surface area contributed by atoms with Crippen molar-refractivity contribution in [3.05, 3.63) is 23.8 Å². The standard InChI is InChI=1S/C14H18N2O2/c1-10(2)9-16-12(8-15)11-3-4-13-14(7-11)18-6-5-17-13/h3-4,7,10,12,16H,5-6,9H2,1-2H3. The zero-order valence-electron chi connectivity index (χ0n) is 10.8. The first-order chi connectivity index (χ1) is 8.70. The number of benzene rings is 1. The van der Waals surface area contributed by atoms with E-state index in [1.165, 1.54) is 0 Å². The highest BCUT2D eigenvalue weighted by Crippen LogP contribution is 2.32. The molecule has 0 aromatic heterocycles. The quantitative estimate of drug-likeness (QED) is 0.885. The fraction of sp³-hybridized carbons (Fsp3) is 0.500. The minimum atomic E-state index is -0.303. The number of nitriles is 1. The molecule has 0 aliphatic carbocycles. The van der Waals surface area contributed by atoms with Crippen molar-refractivity contribution in [1.29, 1.82) is 5.26 Å². The van der Waals surface area contributed by atoms with Crippen LogP contribution in [0.2, 0.25) is 0 Å². The van der Waals surface area contributed by atoms with Crippen LogP contribution in [0.15, 0.2) is 18.2 Å². The number of nitrogens with one attached hydrogen (secondary N) is 1. The second-order valence-corrected chi connectivity index (χ2v) is 4.77. The molecule has 2 rings (SSSR count). The second kappa shape index (κ2) is 5.74. The first-order valence-corrected chi connectivity index (χ1v) is 6.23. The van der Waals surface area contributed by atoms with Gasteiger partial charge in [-0.3, -0.25) is 5.32 Å². The van der Waals surface area contributed by atoms with E-state index < -0.39 is 0 Å². The monoisotopic (exact) mass is 246 g/mol. The van der Waals surface area contributed by atoms with Crippen LogP contribution in [-0.2, 0) is 0 Å². The summed E-state index contributed by atoms with van der Waals surface area (Å²) in [4.78, 5) is 0. The van der Waals surface area contributed by atoms with Gasteiger partial charge in [0.15, 0.2) is 11.5 Å². The molecule has 4 nitrogen and oxygen atoms in total. The lowest BCUT2D eigenvalue weighted by Gasteiger charge is -2.20. The molecule has 1 heterocycles. The van der Waals surface area contributed by atoms with E-state index in [9.17, 15) is 5.26 Å². The fourth-order valence-corrected chi connectivity index (χ4v) is 1.83. The molecule has 0 saturated carbocycles. The number of rotatable bonds is 4. The zero-order valence-corrected chi connectivity index (χ0v) is 10.8. The van der Waals surface area contributed by atoms with Crippen molar-refractivity contribution in [3.8, 4) is 17.6 Å². The Morgan fingerprint density at radius 2 is 2.00 bits per heavy atom. The Morgan fingerprint density at radius 1 is 1.28 bits per heavy atom. The smallest absolute Gasteiger partial charge is 0.161 e. The highest BCUT2D eigenvalue weighted by Gasteiger charge is 2.16. The Hall–Kier alpha value is -1.73. The molecule has 0 amide bonds. The number of ether oxygens (including phenoxy) is 2. The normalized spacial score (nSPS) is 15.2. The molecular formula is C14H18N2O2. The summed E-state index contributed by atoms with van der Waals surface area (Å²) in [7, 11) is 0. The van der Waals surface area contributed by atoms with Gasteiger partial charge in [-0.1, -0.05) is 19.9 Å². The maximum Gasteiger partial charge on any atom is 0.161 e. The molecule has 0 saturated heterocycles. The molecule has 0 radical (unpaired) electrons. The molecule has 18 heavy (non-hydrogen) atoms. The van der Waals surface area contributed by atoms with Gasteiger partial charge >= 0.3 is 0 Å². The lowest BCUT2D eigenvalue weighted by Crippen LogP contribution is -2.24. The molecule has 1 aromatic rings. The number of nitrogens with zero attached hydrogens (tertiary/aromatic N) is 1. The first kappa shape index (κ1) is 12.7. The Balaban J connectivity index is 2.13. The highest BCUT2D eigenvalue weighted by atomic mass is 16.6. The van der Waals surface area contributed by atoms with Crippen LogP contribution in [0.25, 0.3) is 0 Å². The predicted octanol–water partition coefficient (Wildman–Crippen LogP) is 2.27. The maximum atomic E-state index is 9.21. The van der Waals surface area contributed by atoms with Crippen LogP contribution in [0, 0.1) is 17.2 Å². The summed E-state index contributed by atoms with van der Waals surface area (Å²) >= 11 is 0. The Bertz CT molecular complexity index is 452. The van der Waals surface area contributed by atoms with Crippen LogP contribution in [0.5, 0.6) is 11.5 Å². The van der Waals surface area contributed by atoms with Crippen molar-refractivity contribution in [2.24, 2.45) is 5.92 Å². The highest BCUT2D eigenvalue weighted by molar-refractivity contribution is 5.45. The van der Waals surface area contributed by atoms with E-state index in [0.717, 1.165) is 23.6 Å². The lowest BCUT2D eigenvalue weighted by atomic mass is 10.1. The average molecular weight is 246 g/mol. The van der Waals surface area contributed by atoms with Crippen molar-refractivity contribution in [2.75, 3.05) is 19.8 Å². The van der Waals surface area contributed by atoms with Gasteiger partial charge in [0.2, 0.25) is 0 Å². The summed E-state index contributed by atoms with van der Waals surface area (Å²) in [6.07, 6.45) is 0. The topological polar surface area (TPSA) is 54.3 Å². The molecule has 1 unspecified atom stereocenters. The molecule has 1 aliphatic rings. The van der Waals surface area contributed by atoms with Crippen LogP contribution < -0.4 is 14.8 Å². The molecule has 4 heteroatoms. The molecule has 1 aliphatic heterocycles. The summed E-state index contributed by atoms with van der Waals surface area (Å²) in [5.74, 6) is 1.99. The Labute approximate surface area is 108 Å². The third kappa shape index (κ3) is 2.93. The molecular weight excluding hydrogens is 228 g/mol. The van der Waals surface area contributed by atoms with Gasteiger partial charge in [-0.05, 0) is 30.2 Å². The molecule has 0 spiro atoms. The average Bonchev–Trinajstić information content (AvgIpc) is 2.39. The van der Waals surface area contributed by atoms with Gasteiger partial charge in [-0.25, -0.2) is 0 Å². The first-order valence-electron chi connectivity index (χ1n) is 6.23. The van der Waals surface area contributed by atoms with Crippen molar-refractivity contribution in [1.82, 2.24) is 5.32 Å². The third-order valence-electron chi connectivity index (χ3n) is 2.76. The van der Waals surface area contributed by atoms with E-state index in [4.69, 9.17) is 9.47 Å². The maximum absolute atomic E-state index is 9.21. The van der Waals surface area contributed by atoms with Gasteiger partial charge < -0.3 is 9.47 Å². The van der Waals surface area contributed by atoms with Gasteiger partial charge in [0.1, 0.15) is 19.3 Å². The van der Waals surface area contributed by atoms with Crippen molar-refractivity contribution < 1.29 is 9.47 Å². The van der Waals surface area contributed by atoms with Gasteiger partial charge in [0.05, 0.1) is 6.07 Å². The molecule has 96 valence electrons. The third-order valence-corrected chi connectivity index (χ3v) is 2.76. The summed E-state index contributed by atoms with van der Waals surface area (Å²) in [6.45, 7) is 6.19. The molecule has 1 aromatic carbocycles. The number of hydrogen-bond acceptors (Lipinski definition) is 4. The van der Waals surface area contributed by atoms with Gasteiger partial charge in [0.25, 0.3) is 0 Å². The minimum Gasteiger partial charge on any atom is -0.486 e. The zero-order chi connectivity index (χ0) is 13.0. The van der Waals surface area contributed by atoms with E-state index in [1.807, 2.05) is 18.2 Å². The van der Waals surface area contributed by atoms with Crippen LogP contribution in [0.4, 0.5) is 0 Å². The largest absolute Gasteiger partial charge is 0.486 e. The summed E-state index contributed by atoms with van der Waals surface area (Å²) in [5.41, 5.74) is 0.919. The Kier molecular flexibility index (Phi) is 4.06. The summed E-state index contributed by atoms with van der Waals surface area (Å²) < 4.78 is 11.0. The van der Waals surface area contributed by atoms with Gasteiger partial charge in [-0.15, -0.1) is 0 Å². The molecule has 1 atom stereocenters. The second-order valence-electron chi connectivity index (χ2n) is 4.77. The molecule has 1 N–H and O–H groups in total. The number of fused-ring (bicyclic) bond motifs is 1. The van der Waals surface area contributed by atoms with Crippen molar-refractivity contribution in [3.63, 3.8) is 0 Å². The van der Waals surface area contributed by atoms with E-state index in [1.54, 1.807) is 0 Å². The SMILES string of the molecule is CC(C)CNC(C#N)c1ccc2c(c1)OCCO2. The van der Waals surface area contributed by atoms with Crippen LogP contribution >= 0.6 is 0 Å². The van der Waals surface area contributed by atoms with E-state index in [2.05, 4.69) is 25.2 Å². The van der Waals surface area contributed by atoms with E-state index in [-0.39, 0.29) is 6.04 Å². The van der Waals surface area contributed by atoms with E-state index in [0.29, 0.717) is 19.1 Å². The van der Waals surface area contributed by atoms with Crippen LogP contribution in [0.1, 0.15) is 25.5 Å². The predicted molar refractivity (Wildman–Crippen MR) is 68.6 cm³/mol. The van der Waals surface area contributed by atoms with Crippen molar-refractivity contribution in [2.45, 2.75) is 19.9 Å². The van der Waals surface area contributed by atoms with Gasteiger partial charge in [0, 0.05) is 0 Å². The lowest BCUT2D eigenvalue weighted by molar-refractivity contribution is 0.171. The summed E-state index contributed by atoms with van der Waals surface area (Å²) in [5, 5.41) is 12.4. The van der Waals surface area contributed by atoms with Crippen LogP contribution in [-0.4, -0.2) is 19.8 Å².